The number of nitrogen functional groups attached to an aromatic ring is 1. The molecule has 2 aromatic rings. The largest absolute Gasteiger partial charge is 0.398 e. The van der Waals surface area contributed by atoms with Gasteiger partial charge in [-0.05, 0) is 52.7 Å². The molecule has 0 saturated carbocycles. The predicted molar refractivity (Wildman–Crippen MR) is 80.5 cm³/mol. The first-order chi connectivity index (χ1) is 8.97. The zero-order valence-electron chi connectivity index (χ0n) is 10.1. The average molecular weight is 341 g/mol. The second kappa shape index (κ2) is 5.59. The second-order valence-electron chi connectivity index (χ2n) is 4.04. The SMILES string of the molecule is Cc1cnc(Cl)c(NC(=O)c2ccc(Br)c(N)c2)c1. The van der Waals surface area contributed by atoms with Crippen molar-refractivity contribution in [2.24, 2.45) is 0 Å². The average Bonchev–Trinajstić information content (AvgIpc) is 2.37. The number of hydrogen-bond donors (Lipinski definition) is 2. The zero-order valence-corrected chi connectivity index (χ0v) is 12.4. The van der Waals surface area contributed by atoms with E-state index in [4.69, 9.17) is 17.3 Å². The molecule has 0 saturated heterocycles. The van der Waals surface area contributed by atoms with E-state index >= 15 is 0 Å². The number of amides is 1. The highest BCUT2D eigenvalue weighted by Gasteiger charge is 2.10. The van der Waals surface area contributed by atoms with Crippen molar-refractivity contribution in [3.63, 3.8) is 0 Å². The van der Waals surface area contributed by atoms with E-state index in [9.17, 15) is 4.79 Å². The molecule has 0 aliphatic carbocycles. The van der Waals surface area contributed by atoms with Crippen LogP contribution in [0.25, 0.3) is 0 Å². The number of nitrogens with one attached hydrogen (secondary N) is 1. The standard InChI is InChI=1S/C13H11BrClN3O/c1-7-4-11(12(15)17-6-7)18-13(19)8-2-3-9(14)10(16)5-8/h2-6H,16H2,1H3,(H,18,19). The Morgan fingerprint density at radius 3 is 2.84 bits per heavy atom. The summed E-state index contributed by atoms with van der Waals surface area (Å²) in [4.78, 5) is 16.0. The lowest BCUT2D eigenvalue weighted by Crippen LogP contribution is -2.13. The molecule has 2 rings (SSSR count). The third-order valence-corrected chi connectivity index (χ3v) is 3.51. The summed E-state index contributed by atoms with van der Waals surface area (Å²) in [7, 11) is 0. The van der Waals surface area contributed by atoms with Gasteiger partial charge in [-0.2, -0.15) is 0 Å². The Kier molecular flexibility index (Phi) is 4.07. The number of nitrogens with two attached hydrogens (primary N) is 1. The minimum atomic E-state index is -0.284. The molecule has 0 bridgehead atoms. The number of rotatable bonds is 2. The topological polar surface area (TPSA) is 68.0 Å². The predicted octanol–water partition coefficient (Wildman–Crippen LogP) is 3.64. The molecule has 1 aromatic heterocycles. The van der Waals surface area contributed by atoms with E-state index in [1.54, 1.807) is 30.5 Å². The van der Waals surface area contributed by atoms with E-state index in [2.05, 4.69) is 26.2 Å². The molecule has 0 unspecified atom stereocenters. The van der Waals surface area contributed by atoms with Gasteiger partial charge in [0.15, 0.2) is 5.15 Å². The molecule has 0 atom stereocenters. The number of nitrogens with zero attached hydrogens (tertiary/aromatic N) is 1. The molecule has 98 valence electrons. The second-order valence-corrected chi connectivity index (χ2v) is 5.25. The van der Waals surface area contributed by atoms with Gasteiger partial charge >= 0.3 is 0 Å². The van der Waals surface area contributed by atoms with Gasteiger partial charge in [0.1, 0.15) is 0 Å². The van der Waals surface area contributed by atoms with Gasteiger partial charge in [-0.3, -0.25) is 4.79 Å². The Bertz CT molecular complexity index is 646. The van der Waals surface area contributed by atoms with Crippen LogP contribution in [0.3, 0.4) is 0 Å². The molecular formula is C13H11BrClN3O. The molecule has 0 fully saturated rings. The van der Waals surface area contributed by atoms with Crippen molar-refractivity contribution in [3.05, 3.63) is 51.2 Å². The van der Waals surface area contributed by atoms with Gasteiger partial charge in [0, 0.05) is 21.9 Å². The number of carbonyl (C=O) groups is 1. The van der Waals surface area contributed by atoms with E-state index in [0.717, 1.165) is 10.0 Å². The molecule has 1 aromatic carbocycles. The van der Waals surface area contributed by atoms with Crippen molar-refractivity contribution in [2.45, 2.75) is 6.92 Å². The maximum absolute atomic E-state index is 12.1. The highest BCUT2D eigenvalue weighted by molar-refractivity contribution is 9.10. The molecule has 0 radical (unpaired) electrons. The van der Waals surface area contributed by atoms with Gasteiger partial charge in [-0.25, -0.2) is 4.98 Å². The summed E-state index contributed by atoms with van der Waals surface area (Å²) >= 11 is 9.20. The van der Waals surface area contributed by atoms with Crippen molar-refractivity contribution in [2.75, 3.05) is 11.1 Å². The molecule has 6 heteroatoms. The normalized spacial score (nSPS) is 10.3. The molecule has 1 heterocycles. The van der Waals surface area contributed by atoms with Crippen LogP contribution in [0.15, 0.2) is 34.9 Å². The Morgan fingerprint density at radius 1 is 1.42 bits per heavy atom. The van der Waals surface area contributed by atoms with Crippen LogP contribution in [-0.4, -0.2) is 10.9 Å². The summed E-state index contributed by atoms with van der Waals surface area (Å²) in [5.41, 5.74) is 8.09. The fourth-order valence-corrected chi connectivity index (χ4v) is 1.92. The summed E-state index contributed by atoms with van der Waals surface area (Å²) in [6.07, 6.45) is 1.63. The molecule has 0 aliphatic heterocycles. The minimum Gasteiger partial charge on any atom is -0.398 e. The van der Waals surface area contributed by atoms with Gasteiger partial charge in [0.2, 0.25) is 0 Å². The lowest BCUT2D eigenvalue weighted by Gasteiger charge is -2.08. The van der Waals surface area contributed by atoms with Gasteiger partial charge in [-0.1, -0.05) is 11.6 Å². The molecular weight excluding hydrogens is 330 g/mol. The van der Waals surface area contributed by atoms with Gasteiger partial charge in [0.05, 0.1) is 5.69 Å². The lowest BCUT2D eigenvalue weighted by molar-refractivity contribution is 0.102. The smallest absolute Gasteiger partial charge is 0.255 e. The van der Waals surface area contributed by atoms with Crippen molar-refractivity contribution < 1.29 is 4.79 Å². The highest BCUT2D eigenvalue weighted by atomic mass is 79.9. The maximum Gasteiger partial charge on any atom is 0.255 e. The summed E-state index contributed by atoms with van der Waals surface area (Å²) in [5, 5.41) is 2.96. The number of anilines is 2. The lowest BCUT2D eigenvalue weighted by atomic mass is 10.2. The third kappa shape index (κ3) is 3.24. The van der Waals surface area contributed by atoms with E-state index < -0.39 is 0 Å². The maximum atomic E-state index is 12.1. The molecule has 3 N–H and O–H groups in total. The van der Waals surface area contributed by atoms with Crippen LogP contribution >= 0.6 is 27.5 Å². The summed E-state index contributed by atoms with van der Waals surface area (Å²) in [5.74, 6) is -0.284. The summed E-state index contributed by atoms with van der Waals surface area (Å²) in [6, 6.07) is 6.75. The van der Waals surface area contributed by atoms with E-state index in [-0.39, 0.29) is 11.1 Å². The minimum absolute atomic E-state index is 0.254. The molecule has 19 heavy (non-hydrogen) atoms. The number of pyridine rings is 1. The Morgan fingerprint density at radius 2 is 2.16 bits per heavy atom. The number of aryl methyl sites for hydroxylation is 1. The van der Waals surface area contributed by atoms with Crippen molar-refractivity contribution >= 4 is 44.8 Å². The van der Waals surface area contributed by atoms with Crippen LogP contribution in [-0.2, 0) is 0 Å². The van der Waals surface area contributed by atoms with E-state index in [1.165, 1.54) is 0 Å². The van der Waals surface area contributed by atoms with Crippen LogP contribution in [0.4, 0.5) is 11.4 Å². The fourth-order valence-electron chi connectivity index (χ4n) is 1.52. The number of carbonyl (C=O) groups excluding carboxylic acids is 1. The molecule has 0 aliphatic rings. The van der Waals surface area contributed by atoms with Gasteiger partial charge in [-0.15, -0.1) is 0 Å². The molecule has 1 amide bonds. The van der Waals surface area contributed by atoms with Crippen molar-refractivity contribution in [1.82, 2.24) is 4.98 Å². The monoisotopic (exact) mass is 339 g/mol. The van der Waals surface area contributed by atoms with E-state index in [0.29, 0.717) is 16.9 Å². The number of aromatic nitrogens is 1. The third-order valence-electron chi connectivity index (χ3n) is 2.48. The van der Waals surface area contributed by atoms with Crippen molar-refractivity contribution in [3.8, 4) is 0 Å². The Balaban J connectivity index is 2.25. The molecule has 0 spiro atoms. The van der Waals surface area contributed by atoms with Crippen LogP contribution < -0.4 is 11.1 Å². The quantitative estimate of drug-likeness (QED) is 0.648. The van der Waals surface area contributed by atoms with Crippen LogP contribution in [0.2, 0.25) is 5.15 Å². The van der Waals surface area contributed by atoms with Crippen molar-refractivity contribution in [1.29, 1.82) is 0 Å². The van der Waals surface area contributed by atoms with Crippen LogP contribution in [0, 0.1) is 6.92 Å². The summed E-state index contributed by atoms with van der Waals surface area (Å²) in [6.45, 7) is 1.87. The van der Waals surface area contributed by atoms with Gasteiger partial charge in [0.25, 0.3) is 5.91 Å². The van der Waals surface area contributed by atoms with Crippen LogP contribution in [0.5, 0.6) is 0 Å². The number of halogens is 2. The van der Waals surface area contributed by atoms with Crippen LogP contribution in [0.1, 0.15) is 15.9 Å². The molecule has 4 nitrogen and oxygen atoms in total. The summed E-state index contributed by atoms with van der Waals surface area (Å²) < 4.78 is 0.749. The Hall–Kier alpha value is -1.59. The first-order valence-corrected chi connectivity index (χ1v) is 6.63. The fraction of sp³-hybridized carbons (Fsp3) is 0.0769. The first kappa shape index (κ1) is 13.8. The van der Waals surface area contributed by atoms with E-state index in [1.807, 2.05) is 6.92 Å². The highest BCUT2D eigenvalue weighted by Crippen LogP contribution is 2.23. The number of hydrogen-bond acceptors (Lipinski definition) is 3. The first-order valence-electron chi connectivity index (χ1n) is 5.46. The number of benzene rings is 1. The van der Waals surface area contributed by atoms with Gasteiger partial charge < -0.3 is 11.1 Å². The Labute approximate surface area is 124 Å². The zero-order chi connectivity index (χ0) is 14.0.